The molecule has 0 spiro atoms. The van der Waals surface area contributed by atoms with Gasteiger partial charge < -0.3 is 19.9 Å². The molecule has 1 saturated heterocycles. The summed E-state index contributed by atoms with van der Waals surface area (Å²) in [7, 11) is 1.96. The molecule has 130 valence electrons. The van der Waals surface area contributed by atoms with Gasteiger partial charge in [0.25, 0.3) is 0 Å². The Bertz CT molecular complexity index is 540. The lowest BCUT2D eigenvalue weighted by Crippen LogP contribution is -2.44. The number of aliphatic hydroxyl groups excluding tert-OH is 1. The van der Waals surface area contributed by atoms with Gasteiger partial charge in [-0.05, 0) is 26.2 Å². The number of nitrogens with one attached hydrogen (secondary N) is 1. The van der Waals surface area contributed by atoms with Crippen LogP contribution in [0.25, 0.3) is 0 Å². The van der Waals surface area contributed by atoms with E-state index < -0.39 is 0 Å². The van der Waals surface area contributed by atoms with Gasteiger partial charge in [0.15, 0.2) is 11.8 Å². The summed E-state index contributed by atoms with van der Waals surface area (Å²) in [6.45, 7) is 3.97. The maximum absolute atomic E-state index is 9.79. The van der Waals surface area contributed by atoms with E-state index in [4.69, 9.17) is 4.99 Å². The van der Waals surface area contributed by atoms with Crippen molar-refractivity contribution in [3.05, 3.63) is 11.6 Å². The van der Waals surface area contributed by atoms with E-state index in [1.54, 1.807) is 0 Å². The molecule has 0 unspecified atom stereocenters. The molecule has 7 nitrogen and oxygen atoms in total. The normalized spacial score (nSPS) is 22.5. The highest BCUT2D eigenvalue weighted by Crippen LogP contribution is 2.19. The van der Waals surface area contributed by atoms with Crippen LogP contribution in [0.1, 0.15) is 43.8 Å². The third-order valence-corrected chi connectivity index (χ3v) is 4.70. The molecular formula is C15H27IN6O. The number of likely N-dealkylation sites (tertiary alicyclic amines) is 1. The average molecular weight is 434 g/mol. The molecule has 1 aliphatic heterocycles. The van der Waals surface area contributed by atoms with Crippen molar-refractivity contribution in [1.82, 2.24) is 25.0 Å². The largest absolute Gasteiger partial charge is 0.391 e. The summed E-state index contributed by atoms with van der Waals surface area (Å²) in [4.78, 5) is 6.90. The van der Waals surface area contributed by atoms with Crippen molar-refractivity contribution >= 4 is 29.9 Å². The fourth-order valence-corrected chi connectivity index (χ4v) is 3.16. The van der Waals surface area contributed by atoms with E-state index in [9.17, 15) is 5.11 Å². The van der Waals surface area contributed by atoms with Gasteiger partial charge in [-0.25, -0.2) is 4.99 Å². The molecule has 1 atom stereocenters. The van der Waals surface area contributed by atoms with Crippen LogP contribution < -0.4 is 5.32 Å². The number of nitrogens with zero attached hydrogens (tertiary/aromatic N) is 5. The first-order valence-corrected chi connectivity index (χ1v) is 8.22. The molecule has 0 radical (unpaired) electrons. The van der Waals surface area contributed by atoms with Crippen molar-refractivity contribution in [3.8, 4) is 0 Å². The number of aliphatic imine (C=N–C) groups is 1. The first-order chi connectivity index (χ1) is 10.6. The summed E-state index contributed by atoms with van der Waals surface area (Å²) in [5.74, 6) is 2.67. The van der Waals surface area contributed by atoms with Gasteiger partial charge >= 0.3 is 0 Å². The van der Waals surface area contributed by atoms with Crippen LogP contribution in [0.3, 0.4) is 0 Å². The molecule has 0 aromatic carbocycles. The first-order valence-electron chi connectivity index (χ1n) is 8.22. The summed E-state index contributed by atoms with van der Waals surface area (Å²) < 4.78 is 1.97. The number of hydrogen-bond acceptors (Lipinski definition) is 4. The van der Waals surface area contributed by atoms with Gasteiger partial charge in [0.05, 0.1) is 6.10 Å². The van der Waals surface area contributed by atoms with E-state index in [0.717, 1.165) is 30.6 Å². The minimum Gasteiger partial charge on any atom is -0.391 e. The number of aryl methyl sites for hydroxylation is 1. The molecule has 1 saturated carbocycles. The number of aromatic nitrogens is 3. The van der Waals surface area contributed by atoms with Crippen LogP contribution in [0.15, 0.2) is 4.99 Å². The summed E-state index contributed by atoms with van der Waals surface area (Å²) in [5.41, 5.74) is 0. The molecule has 1 aliphatic carbocycles. The van der Waals surface area contributed by atoms with Crippen molar-refractivity contribution in [2.24, 2.45) is 12.0 Å². The standard InChI is InChI=1S/C15H26N6O.HI/c1-11-18-19-14(20(11)2)9-16-15(17-12-5-3-4-6-12)21-8-7-13(22)10-21;/h12-13,22H,3-10H2,1-2H3,(H,16,17);1H/t13-;/m1./s1. The zero-order valence-corrected chi connectivity index (χ0v) is 16.2. The lowest BCUT2D eigenvalue weighted by Gasteiger charge is -2.24. The maximum Gasteiger partial charge on any atom is 0.194 e. The Hall–Kier alpha value is -0.900. The summed E-state index contributed by atoms with van der Waals surface area (Å²) in [5, 5.41) is 21.6. The lowest BCUT2D eigenvalue weighted by molar-refractivity contribution is 0.187. The smallest absolute Gasteiger partial charge is 0.194 e. The topological polar surface area (TPSA) is 78.6 Å². The van der Waals surface area contributed by atoms with Gasteiger partial charge in [-0.15, -0.1) is 34.2 Å². The number of aliphatic hydroxyl groups is 1. The minimum atomic E-state index is -0.243. The molecular weight excluding hydrogens is 407 g/mol. The Balaban J connectivity index is 0.00000192. The van der Waals surface area contributed by atoms with Crippen LogP contribution in [0.4, 0.5) is 0 Å². The molecule has 8 heteroatoms. The second-order valence-corrected chi connectivity index (χ2v) is 6.38. The van der Waals surface area contributed by atoms with Crippen molar-refractivity contribution in [3.63, 3.8) is 0 Å². The fourth-order valence-electron chi connectivity index (χ4n) is 3.16. The molecule has 0 amide bonds. The zero-order valence-electron chi connectivity index (χ0n) is 13.9. The maximum atomic E-state index is 9.79. The van der Waals surface area contributed by atoms with E-state index in [1.165, 1.54) is 25.7 Å². The predicted octanol–water partition coefficient (Wildman–Crippen LogP) is 1.20. The Morgan fingerprint density at radius 1 is 1.30 bits per heavy atom. The van der Waals surface area contributed by atoms with E-state index in [1.807, 2.05) is 18.5 Å². The monoisotopic (exact) mass is 434 g/mol. The third kappa shape index (κ3) is 4.56. The summed E-state index contributed by atoms with van der Waals surface area (Å²) >= 11 is 0. The zero-order chi connectivity index (χ0) is 15.5. The highest BCUT2D eigenvalue weighted by atomic mass is 127. The molecule has 2 heterocycles. The molecule has 2 fully saturated rings. The molecule has 2 N–H and O–H groups in total. The summed E-state index contributed by atoms with van der Waals surface area (Å²) in [6.07, 6.45) is 5.56. The molecule has 1 aromatic heterocycles. The van der Waals surface area contributed by atoms with Gasteiger partial charge in [0, 0.05) is 26.2 Å². The molecule has 1 aromatic rings. The number of guanidine groups is 1. The molecule has 23 heavy (non-hydrogen) atoms. The van der Waals surface area contributed by atoms with Crippen molar-refractivity contribution in [2.45, 2.75) is 57.7 Å². The molecule has 0 bridgehead atoms. The second-order valence-electron chi connectivity index (χ2n) is 6.38. The predicted molar refractivity (Wildman–Crippen MR) is 99.9 cm³/mol. The number of β-amino-alcohol motifs (C(OH)–C–C–N with tert-alkyl or cyclic N) is 1. The van der Waals surface area contributed by atoms with Crippen molar-refractivity contribution in [1.29, 1.82) is 0 Å². The number of halogens is 1. The van der Waals surface area contributed by atoms with Gasteiger partial charge in [-0.1, -0.05) is 12.8 Å². The Kier molecular flexibility index (Phi) is 6.63. The van der Waals surface area contributed by atoms with E-state index in [0.29, 0.717) is 19.1 Å². The molecule has 2 aliphatic rings. The fraction of sp³-hybridized carbons (Fsp3) is 0.800. The SMILES string of the molecule is Cc1nnc(CN=C(NC2CCCC2)N2CC[C@@H](O)C2)n1C.I. The van der Waals surface area contributed by atoms with Crippen LogP contribution in [0, 0.1) is 6.92 Å². The third-order valence-electron chi connectivity index (χ3n) is 4.70. The van der Waals surface area contributed by atoms with Crippen LogP contribution in [-0.4, -0.2) is 56.0 Å². The van der Waals surface area contributed by atoms with Crippen LogP contribution in [0.5, 0.6) is 0 Å². The van der Waals surface area contributed by atoms with E-state index in [-0.39, 0.29) is 30.1 Å². The highest BCUT2D eigenvalue weighted by molar-refractivity contribution is 14.0. The van der Waals surface area contributed by atoms with Gasteiger partial charge in [0.1, 0.15) is 12.4 Å². The summed E-state index contributed by atoms with van der Waals surface area (Å²) in [6, 6.07) is 0.512. The minimum absolute atomic E-state index is 0. The van der Waals surface area contributed by atoms with E-state index >= 15 is 0 Å². The van der Waals surface area contributed by atoms with Gasteiger partial charge in [-0.3, -0.25) is 0 Å². The van der Waals surface area contributed by atoms with Gasteiger partial charge in [0.2, 0.25) is 0 Å². The quantitative estimate of drug-likeness (QED) is 0.425. The lowest BCUT2D eigenvalue weighted by atomic mass is 10.2. The number of hydrogen-bond donors (Lipinski definition) is 2. The Morgan fingerprint density at radius 2 is 2.04 bits per heavy atom. The number of rotatable bonds is 3. The van der Waals surface area contributed by atoms with E-state index in [2.05, 4.69) is 20.4 Å². The van der Waals surface area contributed by atoms with Gasteiger partial charge in [-0.2, -0.15) is 0 Å². The van der Waals surface area contributed by atoms with Crippen LogP contribution >= 0.6 is 24.0 Å². The van der Waals surface area contributed by atoms with Crippen molar-refractivity contribution in [2.75, 3.05) is 13.1 Å². The Morgan fingerprint density at radius 3 is 2.61 bits per heavy atom. The van der Waals surface area contributed by atoms with Crippen LogP contribution in [-0.2, 0) is 13.6 Å². The second kappa shape index (κ2) is 8.27. The first kappa shape index (κ1) is 18.4. The Labute approximate surface area is 154 Å². The average Bonchev–Trinajstić information content (AvgIpc) is 3.21. The molecule has 3 rings (SSSR count). The highest BCUT2D eigenvalue weighted by Gasteiger charge is 2.25. The van der Waals surface area contributed by atoms with Crippen LogP contribution in [0.2, 0.25) is 0 Å². The van der Waals surface area contributed by atoms with Crippen molar-refractivity contribution < 1.29 is 5.11 Å².